The van der Waals surface area contributed by atoms with E-state index in [0.29, 0.717) is 5.92 Å². The summed E-state index contributed by atoms with van der Waals surface area (Å²) in [5.74, 6) is 1.45. The summed E-state index contributed by atoms with van der Waals surface area (Å²) in [7, 11) is 0. The highest BCUT2D eigenvalue weighted by molar-refractivity contribution is 5.40. The predicted molar refractivity (Wildman–Crippen MR) is 63.3 cm³/mol. The lowest BCUT2D eigenvalue weighted by molar-refractivity contribution is 0.489. The van der Waals surface area contributed by atoms with Gasteiger partial charge >= 0.3 is 0 Å². The minimum atomic E-state index is 0.690. The van der Waals surface area contributed by atoms with Crippen LogP contribution in [-0.4, -0.2) is 0 Å². The van der Waals surface area contributed by atoms with E-state index in [1.807, 2.05) is 12.1 Å². The molecule has 0 saturated heterocycles. The SMILES string of the molecule is CCC(CC(C)C)c1ccc(N)cc1. The van der Waals surface area contributed by atoms with Gasteiger partial charge in [-0.05, 0) is 42.4 Å². The highest BCUT2D eigenvalue weighted by Gasteiger charge is 2.10. The Kier molecular flexibility index (Phi) is 3.99. The van der Waals surface area contributed by atoms with E-state index < -0.39 is 0 Å². The highest BCUT2D eigenvalue weighted by Crippen LogP contribution is 2.27. The number of hydrogen-bond acceptors (Lipinski definition) is 1. The molecule has 14 heavy (non-hydrogen) atoms. The molecule has 1 atom stereocenters. The van der Waals surface area contributed by atoms with Crippen molar-refractivity contribution in [2.75, 3.05) is 5.73 Å². The Morgan fingerprint density at radius 3 is 2.14 bits per heavy atom. The fourth-order valence-corrected chi connectivity index (χ4v) is 1.88. The van der Waals surface area contributed by atoms with Crippen molar-refractivity contribution in [3.8, 4) is 0 Å². The van der Waals surface area contributed by atoms with Crippen LogP contribution in [0.3, 0.4) is 0 Å². The molecule has 0 fully saturated rings. The van der Waals surface area contributed by atoms with E-state index in [0.717, 1.165) is 11.6 Å². The Labute approximate surface area is 87.3 Å². The molecule has 0 aliphatic carbocycles. The normalized spacial score (nSPS) is 13.1. The van der Waals surface area contributed by atoms with E-state index in [9.17, 15) is 0 Å². The second-order valence-electron chi connectivity index (χ2n) is 4.40. The molecule has 1 aromatic carbocycles. The Bertz CT molecular complexity index is 261. The molecule has 1 unspecified atom stereocenters. The molecular weight excluding hydrogens is 170 g/mol. The number of nitrogens with two attached hydrogens (primary N) is 1. The molecule has 1 nitrogen and oxygen atoms in total. The quantitative estimate of drug-likeness (QED) is 0.719. The van der Waals surface area contributed by atoms with Crippen molar-refractivity contribution in [1.29, 1.82) is 0 Å². The van der Waals surface area contributed by atoms with Crippen molar-refractivity contribution in [1.82, 2.24) is 0 Å². The number of rotatable bonds is 4. The van der Waals surface area contributed by atoms with Crippen molar-refractivity contribution in [3.63, 3.8) is 0 Å². The summed E-state index contributed by atoms with van der Waals surface area (Å²) in [4.78, 5) is 0. The van der Waals surface area contributed by atoms with Crippen LogP contribution in [0.5, 0.6) is 0 Å². The molecule has 0 saturated carbocycles. The molecule has 0 spiro atoms. The molecule has 0 aliphatic rings. The highest BCUT2D eigenvalue weighted by atomic mass is 14.5. The van der Waals surface area contributed by atoms with E-state index in [1.165, 1.54) is 18.4 Å². The van der Waals surface area contributed by atoms with E-state index in [2.05, 4.69) is 32.9 Å². The third kappa shape index (κ3) is 3.06. The summed E-state index contributed by atoms with van der Waals surface area (Å²) in [5.41, 5.74) is 7.95. The molecule has 0 bridgehead atoms. The minimum Gasteiger partial charge on any atom is -0.399 e. The predicted octanol–water partition coefficient (Wildman–Crippen LogP) is 3.81. The van der Waals surface area contributed by atoms with Crippen LogP contribution in [0.15, 0.2) is 24.3 Å². The summed E-state index contributed by atoms with van der Waals surface area (Å²) in [6.07, 6.45) is 2.47. The van der Waals surface area contributed by atoms with Crippen LogP contribution in [0.25, 0.3) is 0 Å². The third-order valence-corrected chi connectivity index (χ3v) is 2.66. The van der Waals surface area contributed by atoms with Gasteiger partial charge in [0.1, 0.15) is 0 Å². The van der Waals surface area contributed by atoms with Gasteiger partial charge in [-0.15, -0.1) is 0 Å². The van der Waals surface area contributed by atoms with Gasteiger partial charge in [-0.2, -0.15) is 0 Å². The van der Waals surface area contributed by atoms with Gasteiger partial charge in [-0.1, -0.05) is 32.9 Å². The van der Waals surface area contributed by atoms with E-state index >= 15 is 0 Å². The Morgan fingerprint density at radius 1 is 1.14 bits per heavy atom. The second-order valence-corrected chi connectivity index (χ2v) is 4.40. The van der Waals surface area contributed by atoms with Crippen LogP contribution >= 0.6 is 0 Å². The summed E-state index contributed by atoms with van der Waals surface area (Å²) in [6.45, 7) is 6.81. The van der Waals surface area contributed by atoms with E-state index in [1.54, 1.807) is 0 Å². The Morgan fingerprint density at radius 2 is 1.71 bits per heavy atom. The van der Waals surface area contributed by atoms with Gasteiger partial charge < -0.3 is 5.73 Å². The first-order chi connectivity index (χ1) is 6.63. The van der Waals surface area contributed by atoms with Crippen LogP contribution in [0.1, 0.15) is 45.1 Å². The molecule has 0 heterocycles. The smallest absolute Gasteiger partial charge is 0.0314 e. The third-order valence-electron chi connectivity index (χ3n) is 2.66. The zero-order valence-electron chi connectivity index (χ0n) is 9.46. The molecular formula is C13H21N. The van der Waals surface area contributed by atoms with E-state index in [-0.39, 0.29) is 0 Å². The zero-order chi connectivity index (χ0) is 10.6. The standard InChI is InChI=1S/C13H21N/c1-4-11(9-10(2)3)12-5-7-13(14)8-6-12/h5-8,10-11H,4,9,14H2,1-3H3. The average Bonchev–Trinajstić information content (AvgIpc) is 2.15. The molecule has 78 valence electrons. The summed E-state index contributed by atoms with van der Waals surface area (Å²) >= 11 is 0. The molecule has 1 rings (SSSR count). The van der Waals surface area contributed by atoms with Gasteiger partial charge in [0.25, 0.3) is 0 Å². The van der Waals surface area contributed by atoms with Crippen molar-refractivity contribution >= 4 is 5.69 Å². The molecule has 0 amide bonds. The monoisotopic (exact) mass is 191 g/mol. The fourth-order valence-electron chi connectivity index (χ4n) is 1.88. The van der Waals surface area contributed by atoms with Gasteiger partial charge in [-0.25, -0.2) is 0 Å². The summed E-state index contributed by atoms with van der Waals surface area (Å²) < 4.78 is 0. The molecule has 1 heteroatoms. The summed E-state index contributed by atoms with van der Waals surface area (Å²) in [5, 5.41) is 0. The first kappa shape index (κ1) is 11.1. The molecule has 0 radical (unpaired) electrons. The van der Waals surface area contributed by atoms with E-state index in [4.69, 9.17) is 5.73 Å². The maximum atomic E-state index is 5.67. The van der Waals surface area contributed by atoms with Crippen LogP contribution in [0.4, 0.5) is 5.69 Å². The molecule has 0 aromatic heterocycles. The summed E-state index contributed by atoms with van der Waals surface area (Å²) in [6, 6.07) is 8.31. The lowest BCUT2D eigenvalue weighted by Gasteiger charge is -2.17. The van der Waals surface area contributed by atoms with Gasteiger partial charge in [0.05, 0.1) is 0 Å². The number of hydrogen-bond donors (Lipinski definition) is 1. The Balaban J connectivity index is 2.73. The molecule has 1 aromatic rings. The lowest BCUT2D eigenvalue weighted by Crippen LogP contribution is -2.02. The fraction of sp³-hybridized carbons (Fsp3) is 0.538. The van der Waals surface area contributed by atoms with Crippen molar-refractivity contribution in [2.45, 2.75) is 39.5 Å². The first-order valence-electron chi connectivity index (χ1n) is 5.49. The minimum absolute atomic E-state index is 0.690. The topological polar surface area (TPSA) is 26.0 Å². The van der Waals surface area contributed by atoms with Crippen molar-refractivity contribution in [3.05, 3.63) is 29.8 Å². The van der Waals surface area contributed by atoms with Gasteiger partial charge in [-0.3, -0.25) is 0 Å². The van der Waals surface area contributed by atoms with Gasteiger partial charge in [0.2, 0.25) is 0 Å². The van der Waals surface area contributed by atoms with Crippen LogP contribution in [-0.2, 0) is 0 Å². The molecule has 2 N–H and O–H groups in total. The molecule has 0 aliphatic heterocycles. The number of nitrogen functional groups attached to an aromatic ring is 1. The van der Waals surface area contributed by atoms with Crippen LogP contribution in [0, 0.1) is 5.92 Å². The Hall–Kier alpha value is -0.980. The van der Waals surface area contributed by atoms with Gasteiger partial charge in [0, 0.05) is 5.69 Å². The maximum absolute atomic E-state index is 5.67. The van der Waals surface area contributed by atoms with Crippen molar-refractivity contribution in [2.24, 2.45) is 5.92 Å². The van der Waals surface area contributed by atoms with Gasteiger partial charge in [0.15, 0.2) is 0 Å². The lowest BCUT2D eigenvalue weighted by atomic mass is 9.88. The largest absolute Gasteiger partial charge is 0.399 e. The van der Waals surface area contributed by atoms with Crippen LogP contribution in [0.2, 0.25) is 0 Å². The second kappa shape index (κ2) is 5.04. The number of anilines is 1. The maximum Gasteiger partial charge on any atom is 0.0314 e. The number of benzene rings is 1. The average molecular weight is 191 g/mol. The zero-order valence-corrected chi connectivity index (χ0v) is 9.46. The van der Waals surface area contributed by atoms with Crippen molar-refractivity contribution < 1.29 is 0 Å². The first-order valence-corrected chi connectivity index (χ1v) is 5.49. The van der Waals surface area contributed by atoms with Crippen LogP contribution < -0.4 is 5.73 Å².